The standard InChI is InChI=1S/C18H37ClO2/c1-5-8-9-14-18(20-6-2,21-7-3)15-10-12-17(4)13-11-16-19/h17H,5-16H2,1-4H3. The highest BCUT2D eigenvalue weighted by Gasteiger charge is 2.30. The highest BCUT2D eigenvalue weighted by atomic mass is 35.5. The fraction of sp³-hybridized carbons (Fsp3) is 1.00. The van der Waals surface area contributed by atoms with Gasteiger partial charge in [0.2, 0.25) is 0 Å². The molecule has 0 rings (SSSR count). The van der Waals surface area contributed by atoms with Crippen molar-refractivity contribution in [2.75, 3.05) is 19.1 Å². The van der Waals surface area contributed by atoms with Gasteiger partial charge in [-0.25, -0.2) is 0 Å². The maximum absolute atomic E-state index is 6.04. The van der Waals surface area contributed by atoms with E-state index in [1.807, 2.05) is 0 Å². The normalized spacial score (nSPS) is 13.6. The van der Waals surface area contributed by atoms with Crippen LogP contribution in [0.2, 0.25) is 0 Å². The van der Waals surface area contributed by atoms with Gasteiger partial charge in [0.05, 0.1) is 0 Å². The average molecular weight is 321 g/mol. The molecule has 21 heavy (non-hydrogen) atoms. The van der Waals surface area contributed by atoms with Gasteiger partial charge in [0.25, 0.3) is 0 Å². The Labute approximate surface area is 137 Å². The Morgan fingerprint density at radius 3 is 1.95 bits per heavy atom. The van der Waals surface area contributed by atoms with Crippen LogP contribution in [0.4, 0.5) is 0 Å². The summed E-state index contributed by atoms with van der Waals surface area (Å²) in [6.45, 7) is 10.2. The summed E-state index contributed by atoms with van der Waals surface area (Å²) in [7, 11) is 0. The first-order valence-electron chi connectivity index (χ1n) is 8.98. The fourth-order valence-corrected chi connectivity index (χ4v) is 3.07. The molecule has 0 spiro atoms. The van der Waals surface area contributed by atoms with Crippen molar-refractivity contribution >= 4 is 11.6 Å². The van der Waals surface area contributed by atoms with Crippen LogP contribution >= 0.6 is 11.6 Å². The third-order valence-corrected chi connectivity index (χ3v) is 4.33. The predicted octanol–water partition coefficient (Wildman–Crippen LogP) is 6.16. The number of rotatable bonds is 15. The van der Waals surface area contributed by atoms with E-state index in [2.05, 4.69) is 27.7 Å². The first kappa shape index (κ1) is 21.2. The smallest absolute Gasteiger partial charge is 0.168 e. The van der Waals surface area contributed by atoms with Gasteiger partial charge in [-0.05, 0) is 45.4 Å². The third kappa shape index (κ3) is 10.5. The van der Waals surface area contributed by atoms with Crippen LogP contribution in [0.25, 0.3) is 0 Å². The van der Waals surface area contributed by atoms with Crippen molar-refractivity contribution in [3.63, 3.8) is 0 Å². The molecule has 0 heterocycles. The number of hydrogen-bond acceptors (Lipinski definition) is 2. The van der Waals surface area contributed by atoms with Crippen LogP contribution in [-0.4, -0.2) is 24.9 Å². The van der Waals surface area contributed by atoms with Crippen LogP contribution < -0.4 is 0 Å². The molecule has 0 saturated carbocycles. The molecular weight excluding hydrogens is 284 g/mol. The van der Waals surface area contributed by atoms with Gasteiger partial charge in [0, 0.05) is 31.9 Å². The molecule has 0 N–H and O–H groups in total. The molecule has 1 atom stereocenters. The van der Waals surface area contributed by atoms with Crippen molar-refractivity contribution in [2.45, 2.75) is 91.3 Å². The molecule has 2 nitrogen and oxygen atoms in total. The molecular formula is C18H37ClO2. The topological polar surface area (TPSA) is 18.5 Å². The summed E-state index contributed by atoms with van der Waals surface area (Å²) >= 11 is 5.77. The minimum absolute atomic E-state index is 0.342. The Hall–Kier alpha value is 0.210. The molecule has 0 radical (unpaired) electrons. The second-order valence-electron chi connectivity index (χ2n) is 6.06. The van der Waals surface area contributed by atoms with E-state index in [9.17, 15) is 0 Å². The van der Waals surface area contributed by atoms with E-state index < -0.39 is 0 Å². The summed E-state index contributed by atoms with van der Waals surface area (Å²) in [5, 5.41) is 0. The minimum Gasteiger partial charge on any atom is -0.350 e. The Balaban J connectivity index is 4.28. The molecule has 0 aliphatic heterocycles. The highest BCUT2D eigenvalue weighted by Crippen LogP contribution is 2.29. The second-order valence-corrected chi connectivity index (χ2v) is 6.44. The Kier molecular flexibility index (Phi) is 14.0. The zero-order chi connectivity index (χ0) is 16.0. The molecule has 0 aromatic heterocycles. The molecule has 0 aromatic carbocycles. The van der Waals surface area contributed by atoms with E-state index in [1.54, 1.807) is 0 Å². The SMILES string of the molecule is CCCCCC(CCCC(C)CCCCl)(OCC)OCC. The van der Waals surface area contributed by atoms with Gasteiger partial charge >= 0.3 is 0 Å². The number of alkyl halides is 1. The highest BCUT2D eigenvalue weighted by molar-refractivity contribution is 6.17. The molecule has 0 amide bonds. The van der Waals surface area contributed by atoms with Crippen molar-refractivity contribution in [1.82, 2.24) is 0 Å². The van der Waals surface area contributed by atoms with Gasteiger partial charge in [-0.2, -0.15) is 0 Å². The number of halogens is 1. The lowest BCUT2D eigenvalue weighted by atomic mass is 9.95. The monoisotopic (exact) mass is 320 g/mol. The summed E-state index contributed by atoms with van der Waals surface area (Å²) < 4.78 is 12.1. The van der Waals surface area contributed by atoms with Crippen LogP contribution in [0, 0.1) is 5.92 Å². The number of hydrogen-bond donors (Lipinski definition) is 0. The van der Waals surface area contributed by atoms with Crippen LogP contribution in [0.15, 0.2) is 0 Å². The van der Waals surface area contributed by atoms with Crippen LogP contribution in [0.3, 0.4) is 0 Å². The van der Waals surface area contributed by atoms with Crippen molar-refractivity contribution in [3.05, 3.63) is 0 Å². The maximum Gasteiger partial charge on any atom is 0.168 e. The van der Waals surface area contributed by atoms with Crippen LogP contribution in [0.5, 0.6) is 0 Å². The lowest BCUT2D eigenvalue weighted by Gasteiger charge is -2.34. The van der Waals surface area contributed by atoms with E-state index in [0.29, 0.717) is 0 Å². The van der Waals surface area contributed by atoms with Crippen molar-refractivity contribution in [1.29, 1.82) is 0 Å². The third-order valence-electron chi connectivity index (χ3n) is 4.06. The van der Waals surface area contributed by atoms with Gasteiger partial charge < -0.3 is 9.47 Å². The average Bonchev–Trinajstić information content (AvgIpc) is 2.46. The van der Waals surface area contributed by atoms with Gasteiger partial charge in [0.15, 0.2) is 5.79 Å². The molecule has 0 aliphatic carbocycles. The predicted molar refractivity (Wildman–Crippen MR) is 93.1 cm³/mol. The second kappa shape index (κ2) is 13.8. The summed E-state index contributed by atoms with van der Waals surface area (Å²) in [4.78, 5) is 0. The molecule has 3 heteroatoms. The quantitative estimate of drug-likeness (QED) is 0.204. The zero-order valence-electron chi connectivity index (χ0n) is 14.8. The molecule has 1 unspecified atom stereocenters. The van der Waals surface area contributed by atoms with E-state index >= 15 is 0 Å². The first-order chi connectivity index (χ1) is 10.1. The molecule has 0 aliphatic rings. The number of unbranched alkanes of at least 4 members (excludes halogenated alkanes) is 2. The van der Waals surface area contributed by atoms with E-state index in [0.717, 1.165) is 44.3 Å². The lowest BCUT2D eigenvalue weighted by Crippen LogP contribution is -2.36. The maximum atomic E-state index is 6.04. The van der Waals surface area contributed by atoms with Crippen molar-refractivity contribution in [2.24, 2.45) is 5.92 Å². The van der Waals surface area contributed by atoms with Gasteiger partial charge in [-0.3, -0.25) is 0 Å². The Bertz CT molecular complexity index is 215. The zero-order valence-corrected chi connectivity index (χ0v) is 15.5. The van der Waals surface area contributed by atoms with E-state index in [1.165, 1.54) is 38.5 Å². The van der Waals surface area contributed by atoms with Crippen LogP contribution in [-0.2, 0) is 9.47 Å². The fourth-order valence-electron chi connectivity index (χ4n) is 2.92. The summed E-state index contributed by atoms with van der Waals surface area (Å²) in [5.41, 5.74) is 0. The van der Waals surface area contributed by atoms with Crippen LogP contribution in [0.1, 0.15) is 85.5 Å². The Morgan fingerprint density at radius 2 is 1.43 bits per heavy atom. The van der Waals surface area contributed by atoms with E-state index in [-0.39, 0.29) is 5.79 Å². The van der Waals surface area contributed by atoms with Crippen molar-refractivity contribution < 1.29 is 9.47 Å². The summed E-state index contributed by atoms with van der Waals surface area (Å²) in [5.74, 6) is 1.19. The molecule has 0 aromatic rings. The van der Waals surface area contributed by atoms with Crippen molar-refractivity contribution in [3.8, 4) is 0 Å². The lowest BCUT2D eigenvalue weighted by molar-refractivity contribution is -0.242. The van der Waals surface area contributed by atoms with Gasteiger partial charge in [0.1, 0.15) is 0 Å². The van der Waals surface area contributed by atoms with E-state index in [4.69, 9.17) is 21.1 Å². The van der Waals surface area contributed by atoms with Gasteiger partial charge in [-0.1, -0.05) is 33.1 Å². The molecule has 0 saturated heterocycles. The minimum atomic E-state index is -0.342. The van der Waals surface area contributed by atoms with Gasteiger partial charge in [-0.15, -0.1) is 11.6 Å². The Morgan fingerprint density at radius 1 is 0.857 bits per heavy atom. The molecule has 0 fully saturated rings. The largest absolute Gasteiger partial charge is 0.350 e. The molecule has 128 valence electrons. The molecule has 0 bridgehead atoms. The first-order valence-corrected chi connectivity index (χ1v) is 9.51. The summed E-state index contributed by atoms with van der Waals surface area (Å²) in [6, 6.07) is 0. The number of ether oxygens (including phenoxy) is 2. The summed E-state index contributed by atoms with van der Waals surface area (Å²) in [6.07, 6.45) is 10.5.